The van der Waals surface area contributed by atoms with Crippen molar-refractivity contribution in [3.8, 4) is 0 Å². The zero-order valence-electron chi connectivity index (χ0n) is 10.3. The van der Waals surface area contributed by atoms with Gasteiger partial charge in [0, 0.05) is 24.9 Å². The maximum Gasteiger partial charge on any atom is 0.106 e. The van der Waals surface area contributed by atoms with Crippen LogP contribution in [0, 0.1) is 0 Å². The Kier molecular flexibility index (Phi) is 3.29. The summed E-state index contributed by atoms with van der Waals surface area (Å²) in [6.45, 7) is 0.802. The van der Waals surface area contributed by atoms with Crippen molar-refractivity contribution >= 4 is 32.9 Å². The second kappa shape index (κ2) is 5.24. The number of nitrogens with one attached hydrogen (secondary N) is 1. The van der Waals surface area contributed by atoms with E-state index >= 15 is 0 Å². The molecule has 4 nitrogen and oxygen atoms in total. The van der Waals surface area contributed by atoms with Crippen LogP contribution in [0.2, 0.25) is 0 Å². The van der Waals surface area contributed by atoms with Crippen LogP contribution in [0.25, 0.3) is 10.2 Å². The van der Waals surface area contributed by atoms with E-state index in [0.29, 0.717) is 0 Å². The number of nitrogens with zero attached hydrogens (tertiary/aromatic N) is 2. The number of nitrogens with two attached hydrogens (primary N) is 1. The summed E-state index contributed by atoms with van der Waals surface area (Å²) < 4.78 is 1.12. The molecule has 19 heavy (non-hydrogen) atoms. The van der Waals surface area contributed by atoms with Crippen LogP contribution in [0.1, 0.15) is 5.69 Å². The molecule has 3 aromatic rings. The smallest absolute Gasteiger partial charge is 0.106 e. The zero-order valence-corrected chi connectivity index (χ0v) is 11.2. The van der Waals surface area contributed by atoms with E-state index in [1.165, 1.54) is 0 Å². The lowest BCUT2D eigenvalue weighted by Gasteiger charge is -2.09. The predicted molar refractivity (Wildman–Crippen MR) is 80.5 cm³/mol. The Morgan fingerprint density at radius 2 is 2.11 bits per heavy atom. The van der Waals surface area contributed by atoms with E-state index < -0.39 is 0 Å². The van der Waals surface area contributed by atoms with Crippen LogP contribution >= 0.6 is 11.3 Å². The second-order valence-electron chi connectivity index (χ2n) is 4.22. The summed E-state index contributed by atoms with van der Waals surface area (Å²) in [5.41, 5.74) is 11.5. The van der Waals surface area contributed by atoms with E-state index in [1.54, 1.807) is 11.3 Å². The minimum atomic E-state index is 0.722. The first-order valence-corrected chi connectivity index (χ1v) is 6.98. The third-order valence-corrected chi connectivity index (χ3v) is 3.76. The minimum Gasteiger partial charge on any atom is -0.395 e. The molecule has 0 spiro atoms. The van der Waals surface area contributed by atoms with E-state index in [2.05, 4.69) is 15.3 Å². The van der Waals surface area contributed by atoms with Gasteiger partial charge < -0.3 is 11.1 Å². The molecular weight excluding hydrogens is 256 g/mol. The molecule has 0 fully saturated rings. The highest BCUT2D eigenvalue weighted by Gasteiger charge is 2.06. The number of thiazole rings is 1. The van der Waals surface area contributed by atoms with Gasteiger partial charge in [-0.05, 0) is 24.3 Å². The quantitative estimate of drug-likeness (QED) is 0.715. The van der Waals surface area contributed by atoms with E-state index in [9.17, 15) is 0 Å². The predicted octanol–water partition coefficient (Wildman–Crippen LogP) is 2.93. The van der Waals surface area contributed by atoms with E-state index in [1.807, 2.05) is 42.0 Å². The average molecular weight is 270 g/mol. The van der Waals surface area contributed by atoms with E-state index in [4.69, 9.17) is 5.73 Å². The molecule has 0 saturated heterocycles. The molecular formula is C14H14N4S. The van der Waals surface area contributed by atoms with Gasteiger partial charge in [0.05, 0.1) is 21.6 Å². The maximum atomic E-state index is 6.11. The Labute approximate surface area is 115 Å². The van der Waals surface area contributed by atoms with Crippen molar-refractivity contribution < 1.29 is 0 Å². The molecule has 2 aromatic heterocycles. The molecule has 5 heteroatoms. The van der Waals surface area contributed by atoms with Crippen molar-refractivity contribution in [1.82, 2.24) is 9.97 Å². The Morgan fingerprint density at radius 1 is 1.16 bits per heavy atom. The van der Waals surface area contributed by atoms with Crippen molar-refractivity contribution in [3.05, 3.63) is 47.7 Å². The summed E-state index contributed by atoms with van der Waals surface area (Å²) in [4.78, 5) is 8.58. The zero-order chi connectivity index (χ0) is 13.1. The van der Waals surface area contributed by atoms with Gasteiger partial charge in [-0.2, -0.15) is 0 Å². The van der Waals surface area contributed by atoms with Crippen LogP contribution in [0.4, 0.5) is 11.4 Å². The molecule has 1 aromatic carbocycles. The largest absolute Gasteiger partial charge is 0.395 e. The Balaban J connectivity index is 1.70. The molecule has 0 amide bonds. The van der Waals surface area contributed by atoms with Gasteiger partial charge >= 0.3 is 0 Å². The molecule has 0 atom stereocenters. The van der Waals surface area contributed by atoms with Gasteiger partial charge in [-0.1, -0.05) is 6.07 Å². The number of rotatable bonds is 4. The molecule has 2 heterocycles. The summed E-state index contributed by atoms with van der Waals surface area (Å²) in [6.07, 6.45) is 2.68. The number of anilines is 2. The van der Waals surface area contributed by atoms with Crippen LogP contribution in [-0.2, 0) is 6.42 Å². The van der Waals surface area contributed by atoms with Crippen molar-refractivity contribution in [2.45, 2.75) is 6.42 Å². The number of benzene rings is 1. The summed E-state index contributed by atoms with van der Waals surface area (Å²) in [7, 11) is 0. The monoisotopic (exact) mass is 270 g/mol. The van der Waals surface area contributed by atoms with Gasteiger partial charge in [-0.15, -0.1) is 11.3 Å². The topological polar surface area (TPSA) is 63.8 Å². The number of hydrogen-bond donors (Lipinski definition) is 2. The third kappa shape index (κ3) is 2.51. The van der Waals surface area contributed by atoms with Crippen LogP contribution in [0.15, 0.2) is 42.0 Å². The summed E-state index contributed by atoms with van der Waals surface area (Å²) in [5.74, 6) is 0. The summed E-state index contributed by atoms with van der Waals surface area (Å²) in [6, 6.07) is 10.00. The first-order chi connectivity index (χ1) is 9.34. The molecule has 96 valence electrons. The molecule has 0 radical (unpaired) electrons. The normalized spacial score (nSPS) is 10.7. The fraction of sp³-hybridized carbons (Fsp3) is 0.143. The van der Waals surface area contributed by atoms with E-state index in [-0.39, 0.29) is 0 Å². The van der Waals surface area contributed by atoms with Crippen molar-refractivity contribution in [2.75, 3.05) is 17.6 Å². The number of fused-ring (bicyclic) bond motifs is 1. The Morgan fingerprint density at radius 3 is 2.95 bits per heavy atom. The molecule has 0 unspecified atom stereocenters. The molecule has 3 rings (SSSR count). The highest BCUT2D eigenvalue weighted by Crippen LogP contribution is 2.29. The van der Waals surface area contributed by atoms with Crippen molar-refractivity contribution in [3.63, 3.8) is 0 Å². The minimum absolute atomic E-state index is 0.722. The van der Waals surface area contributed by atoms with Crippen molar-refractivity contribution in [1.29, 1.82) is 0 Å². The lowest BCUT2D eigenvalue weighted by Crippen LogP contribution is -2.07. The first kappa shape index (κ1) is 11.9. The number of pyridine rings is 1. The van der Waals surface area contributed by atoms with E-state index in [0.717, 1.165) is 40.3 Å². The highest BCUT2D eigenvalue weighted by atomic mass is 32.1. The van der Waals surface area contributed by atoms with Crippen LogP contribution in [-0.4, -0.2) is 16.5 Å². The Hall–Kier alpha value is -2.14. The molecule has 0 saturated carbocycles. The SMILES string of the molecule is Nc1c(NCCc2ccccn2)ccc2scnc12. The van der Waals surface area contributed by atoms with Crippen molar-refractivity contribution in [2.24, 2.45) is 0 Å². The van der Waals surface area contributed by atoms with Gasteiger partial charge in [-0.25, -0.2) is 4.98 Å². The maximum absolute atomic E-state index is 6.11. The lowest BCUT2D eigenvalue weighted by atomic mass is 10.2. The van der Waals surface area contributed by atoms with Gasteiger partial charge in [0.15, 0.2) is 0 Å². The van der Waals surface area contributed by atoms with Gasteiger partial charge in [0.25, 0.3) is 0 Å². The Bertz CT molecular complexity index is 678. The number of aromatic nitrogens is 2. The fourth-order valence-corrected chi connectivity index (χ4v) is 2.67. The number of nitrogen functional groups attached to an aromatic ring is 1. The first-order valence-electron chi connectivity index (χ1n) is 6.10. The van der Waals surface area contributed by atoms with Gasteiger partial charge in [0.2, 0.25) is 0 Å². The highest BCUT2D eigenvalue weighted by molar-refractivity contribution is 7.16. The van der Waals surface area contributed by atoms with Crippen LogP contribution in [0.3, 0.4) is 0 Å². The van der Waals surface area contributed by atoms with Crippen LogP contribution in [0.5, 0.6) is 0 Å². The lowest BCUT2D eigenvalue weighted by molar-refractivity contribution is 0.962. The van der Waals surface area contributed by atoms with Gasteiger partial charge in [0.1, 0.15) is 5.52 Å². The summed E-state index contributed by atoms with van der Waals surface area (Å²) >= 11 is 1.60. The standard InChI is InChI=1S/C14H14N4S/c15-13-11(4-5-12-14(13)18-9-19-12)17-8-6-10-3-1-2-7-16-10/h1-5,7,9,17H,6,8,15H2. The third-order valence-electron chi connectivity index (χ3n) is 2.96. The number of hydrogen-bond acceptors (Lipinski definition) is 5. The molecule has 0 aliphatic rings. The summed E-state index contributed by atoms with van der Waals surface area (Å²) in [5, 5.41) is 3.34. The molecule has 3 N–H and O–H groups in total. The molecule has 0 aliphatic carbocycles. The second-order valence-corrected chi connectivity index (χ2v) is 5.11. The van der Waals surface area contributed by atoms with Crippen LogP contribution < -0.4 is 11.1 Å². The average Bonchev–Trinajstić information content (AvgIpc) is 2.92. The fourth-order valence-electron chi connectivity index (χ4n) is 1.98. The molecule has 0 bridgehead atoms. The molecule has 0 aliphatic heterocycles. The van der Waals surface area contributed by atoms with Gasteiger partial charge in [-0.3, -0.25) is 4.98 Å².